The molecular weight excluding hydrogens is 286 g/mol. The molecule has 136 valence electrons. The van der Waals surface area contributed by atoms with Crippen LogP contribution in [0.15, 0.2) is 4.99 Å². The van der Waals surface area contributed by atoms with Crippen molar-refractivity contribution in [2.75, 3.05) is 26.2 Å². The van der Waals surface area contributed by atoms with E-state index in [2.05, 4.69) is 17.1 Å². The van der Waals surface area contributed by atoms with E-state index in [0.29, 0.717) is 18.2 Å². The van der Waals surface area contributed by atoms with Crippen LogP contribution >= 0.6 is 0 Å². The Morgan fingerprint density at radius 2 is 1.96 bits per heavy atom. The molecule has 1 N–H and O–H groups in total. The lowest BCUT2D eigenvalue weighted by molar-refractivity contribution is -0.128. The summed E-state index contributed by atoms with van der Waals surface area (Å²) in [4.78, 5) is 19.4. The van der Waals surface area contributed by atoms with E-state index in [1.165, 1.54) is 12.8 Å². The fourth-order valence-electron chi connectivity index (χ4n) is 3.22. The van der Waals surface area contributed by atoms with Crippen LogP contribution in [0.25, 0.3) is 0 Å². The van der Waals surface area contributed by atoms with Crippen molar-refractivity contribution in [2.45, 2.75) is 78.6 Å². The second kappa shape index (κ2) is 12.5. The monoisotopic (exact) mass is 325 g/mol. The second-order valence-corrected chi connectivity index (χ2v) is 6.41. The summed E-state index contributed by atoms with van der Waals surface area (Å²) in [5.41, 5.74) is 0. The Balaban J connectivity index is 0.00000170. The summed E-state index contributed by atoms with van der Waals surface area (Å²) in [6.45, 7) is 10.2. The van der Waals surface area contributed by atoms with Gasteiger partial charge in [-0.05, 0) is 51.1 Å². The molecule has 0 radical (unpaired) electrons. The smallest absolute Gasteiger partial charge is 0.227 e. The van der Waals surface area contributed by atoms with Gasteiger partial charge in [0.15, 0.2) is 0 Å². The van der Waals surface area contributed by atoms with Crippen LogP contribution in [-0.2, 0) is 4.79 Å². The number of amidine groups is 1. The number of amides is 1. The highest BCUT2D eigenvalue weighted by atomic mass is 16.2. The Morgan fingerprint density at radius 3 is 2.65 bits per heavy atom. The zero-order valence-corrected chi connectivity index (χ0v) is 15.6. The molecule has 0 unspecified atom stereocenters. The number of nitrogens with zero attached hydrogens (tertiary/aromatic N) is 2. The van der Waals surface area contributed by atoms with Gasteiger partial charge in [-0.2, -0.15) is 0 Å². The lowest BCUT2D eigenvalue weighted by Gasteiger charge is -2.31. The minimum atomic E-state index is 0. The number of aliphatic imine (C=N–C) groups is 1. The third-order valence-corrected chi connectivity index (χ3v) is 4.61. The van der Waals surface area contributed by atoms with Crippen LogP contribution in [0, 0.1) is 5.92 Å². The predicted molar refractivity (Wildman–Crippen MR) is 101 cm³/mol. The molecule has 2 aliphatic rings. The maximum absolute atomic E-state index is 12.6. The number of rotatable bonds is 5. The number of hydrogen-bond donors (Lipinski definition) is 1. The van der Waals surface area contributed by atoms with E-state index < -0.39 is 0 Å². The van der Waals surface area contributed by atoms with Crippen molar-refractivity contribution in [3.63, 3.8) is 0 Å². The minimum absolute atomic E-state index is 0. The Bertz CT molecular complexity index is 355. The van der Waals surface area contributed by atoms with Gasteiger partial charge in [-0.25, -0.2) is 0 Å². The van der Waals surface area contributed by atoms with Gasteiger partial charge in [0.2, 0.25) is 5.91 Å². The van der Waals surface area contributed by atoms with Crippen molar-refractivity contribution in [1.82, 2.24) is 10.2 Å². The molecule has 2 rings (SSSR count). The van der Waals surface area contributed by atoms with Crippen LogP contribution < -0.4 is 5.32 Å². The van der Waals surface area contributed by atoms with Gasteiger partial charge in [0.25, 0.3) is 0 Å². The van der Waals surface area contributed by atoms with Crippen LogP contribution in [0.4, 0.5) is 0 Å². The summed E-state index contributed by atoms with van der Waals surface area (Å²) in [7, 11) is 0. The third kappa shape index (κ3) is 7.47. The molecule has 2 aliphatic heterocycles. The molecule has 0 saturated carbocycles. The molecule has 1 fully saturated rings. The maximum Gasteiger partial charge on any atom is 0.227 e. The fourth-order valence-corrected chi connectivity index (χ4v) is 3.22. The molecule has 1 saturated heterocycles. The first-order chi connectivity index (χ1) is 11.3. The van der Waals surface area contributed by atoms with Crippen LogP contribution in [0.5, 0.6) is 0 Å². The molecule has 0 bridgehead atoms. The normalized spacial score (nSPS) is 20.7. The van der Waals surface area contributed by atoms with Crippen LogP contribution in [0.3, 0.4) is 0 Å². The average Bonchev–Trinajstić information content (AvgIpc) is 2.68. The molecule has 0 atom stereocenters. The summed E-state index contributed by atoms with van der Waals surface area (Å²) in [6.07, 6.45) is 9.63. The molecule has 23 heavy (non-hydrogen) atoms. The quantitative estimate of drug-likeness (QED) is 0.821. The number of hydrogen-bond acceptors (Lipinski definition) is 3. The van der Waals surface area contributed by atoms with Crippen molar-refractivity contribution in [2.24, 2.45) is 10.9 Å². The number of carbonyl (C=O) groups is 1. The highest BCUT2D eigenvalue weighted by Gasteiger charge is 2.24. The SMILES string of the molecule is CC.CCCCC1=NCCCCCC(=O)N1CC1CCNCC1.[HH]. The van der Waals surface area contributed by atoms with E-state index >= 15 is 0 Å². The standard InChI is InChI=1S/C17H31N3O.C2H6.H2/c1-2-3-7-16-19-11-6-4-5-8-17(21)20(16)14-15-9-12-18-13-10-15;1-2;/h15,18H,2-14H2,1H3;1-2H3;1H. The van der Waals surface area contributed by atoms with Crippen molar-refractivity contribution < 1.29 is 6.22 Å². The highest BCUT2D eigenvalue weighted by molar-refractivity contribution is 5.98. The van der Waals surface area contributed by atoms with Gasteiger partial charge in [-0.3, -0.25) is 9.79 Å². The zero-order chi connectivity index (χ0) is 16.9. The Labute approximate surface area is 144 Å². The lowest BCUT2D eigenvalue weighted by Crippen LogP contribution is -2.42. The average molecular weight is 326 g/mol. The van der Waals surface area contributed by atoms with Gasteiger partial charge in [0, 0.05) is 27.4 Å². The summed E-state index contributed by atoms with van der Waals surface area (Å²) in [6, 6.07) is 0. The summed E-state index contributed by atoms with van der Waals surface area (Å²) in [5.74, 6) is 2.02. The van der Waals surface area contributed by atoms with Gasteiger partial charge < -0.3 is 10.2 Å². The van der Waals surface area contributed by atoms with Crippen molar-refractivity contribution in [3.05, 3.63) is 0 Å². The van der Waals surface area contributed by atoms with Crippen molar-refractivity contribution in [1.29, 1.82) is 0 Å². The van der Waals surface area contributed by atoms with E-state index in [0.717, 1.165) is 70.5 Å². The second-order valence-electron chi connectivity index (χ2n) is 6.41. The first-order valence-corrected chi connectivity index (χ1v) is 9.85. The van der Waals surface area contributed by atoms with Gasteiger partial charge in [-0.15, -0.1) is 0 Å². The van der Waals surface area contributed by atoms with Gasteiger partial charge >= 0.3 is 0 Å². The van der Waals surface area contributed by atoms with Gasteiger partial charge in [0.1, 0.15) is 5.84 Å². The van der Waals surface area contributed by atoms with Gasteiger partial charge in [-0.1, -0.05) is 33.6 Å². The molecule has 0 aromatic carbocycles. The molecule has 1 amide bonds. The largest absolute Gasteiger partial charge is 0.317 e. The maximum atomic E-state index is 12.6. The number of carbonyl (C=O) groups excluding carboxylic acids is 1. The number of nitrogens with one attached hydrogen (secondary N) is 1. The topological polar surface area (TPSA) is 44.7 Å². The van der Waals surface area contributed by atoms with Crippen LogP contribution in [-0.4, -0.2) is 42.8 Å². The Hall–Kier alpha value is -0.900. The third-order valence-electron chi connectivity index (χ3n) is 4.61. The first-order valence-electron chi connectivity index (χ1n) is 9.85. The summed E-state index contributed by atoms with van der Waals surface area (Å²) < 4.78 is 0. The first kappa shape index (κ1) is 20.1. The fraction of sp³-hybridized carbons (Fsp3) is 0.895. The number of unbranched alkanes of at least 4 members (excludes halogenated alkanes) is 1. The van der Waals surface area contributed by atoms with Crippen LogP contribution in [0.2, 0.25) is 0 Å². The van der Waals surface area contributed by atoms with Crippen molar-refractivity contribution in [3.8, 4) is 0 Å². The van der Waals surface area contributed by atoms with E-state index in [4.69, 9.17) is 4.99 Å². The highest BCUT2D eigenvalue weighted by Crippen LogP contribution is 2.18. The molecular formula is C19H39N3O. The molecule has 0 aliphatic carbocycles. The van der Waals surface area contributed by atoms with Crippen molar-refractivity contribution >= 4 is 11.7 Å². The molecule has 0 aromatic rings. The minimum Gasteiger partial charge on any atom is -0.317 e. The van der Waals surface area contributed by atoms with E-state index in [-0.39, 0.29) is 1.43 Å². The zero-order valence-electron chi connectivity index (χ0n) is 15.6. The molecule has 2 heterocycles. The molecule has 4 nitrogen and oxygen atoms in total. The summed E-state index contributed by atoms with van der Waals surface area (Å²) >= 11 is 0. The van der Waals surface area contributed by atoms with Gasteiger partial charge in [0.05, 0.1) is 0 Å². The van der Waals surface area contributed by atoms with E-state index in [1.807, 2.05) is 13.8 Å². The van der Waals surface area contributed by atoms with E-state index in [1.54, 1.807) is 0 Å². The van der Waals surface area contributed by atoms with E-state index in [9.17, 15) is 4.79 Å². The Kier molecular flexibility index (Phi) is 11.0. The Morgan fingerprint density at radius 1 is 1.22 bits per heavy atom. The predicted octanol–water partition coefficient (Wildman–Crippen LogP) is 4.25. The molecule has 4 heteroatoms. The summed E-state index contributed by atoms with van der Waals surface area (Å²) in [5, 5.41) is 3.41. The molecule has 0 aromatic heterocycles. The lowest BCUT2D eigenvalue weighted by atomic mass is 9.97. The number of piperidine rings is 1. The molecule has 0 spiro atoms. The van der Waals surface area contributed by atoms with Crippen LogP contribution in [0.1, 0.15) is 80.0 Å².